The maximum absolute atomic E-state index is 13.6. The normalized spacial score (nSPS) is 13.7. The summed E-state index contributed by atoms with van der Waals surface area (Å²) in [6, 6.07) is 34.0. The summed E-state index contributed by atoms with van der Waals surface area (Å²) in [5, 5.41) is 2.26. The van der Waals surface area contributed by atoms with Gasteiger partial charge in [-0.15, -0.1) is 0 Å². The molecule has 0 atom stereocenters. The van der Waals surface area contributed by atoms with Crippen LogP contribution in [-0.2, 0) is 9.84 Å². The Morgan fingerprint density at radius 3 is 2.03 bits per heavy atom. The van der Waals surface area contributed by atoms with E-state index in [1.165, 1.54) is 11.1 Å². The van der Waals surface area contributed by atoms with Gasteiger partial charge in [0.05, 0.1) is 26.5 Å². The van der Waals surface area contributed by atoms with E-state index in [1.807, 2.05) is 47.9 Å². The first kappa shape index (κ1) is 20.2. The van der Waals surface area contributed by atoms with Gasteiger partial charge >= 0.3 is 0 Å². The van der Waals surface area contributed by atoms with Gasteiger partial charge in [0.15, 0.2) is 0 Å². The van der Waals surface area contributed by atoms with Crippen molar-refractivity contribution in [3.63, 3.8) is 0 Å². The number of hydrogen-bond acceptors (Lipinski definition) is 3. The molecule has 35 heavy (non-hydrogen) atoms. The third kappa shape index (κ3) is 2.92. The van der Waals surface area contributed by atoms with E-state index in [0.717, 1.165) is 27.7 Å². The molecule has 0 unspecified atom stereocenters. The van der Waals surface area contributed by atoms with E-state index >= 15 is 0 Å². The van der Waals surface area contributed by atoms with E-state index in [4.69, 9.17) is 0 Å². The van der Waals surface area contributed by atoms with Gasteiger partial charge in [0.25, 0.3) is 0 Å². The lowest BCUT2D eigenvalue weighted by atomic mass is 9.97. The number of sulfone groups is 1. The zero-order valence-corrected chi connectivity index (χ0v) is 19.8. The number of hydrogen-bond donors (Lipinski definition) is 0. The number of nitrogens with zero attached hydrogens (tertiary/aromatic N) is 2. The number of imidazole rings is 1. The molecule has 1 aromatic heterocycles. The molecule has 1 aliphatic heterocycles. The third-order valence-electron chi connectivity index (χ3n) is 6.87. The van der Waals surface area contributed by atoms with Crippen LogP contribution in [-0.4, -0.2) is 18.0 Å². The van der Waals surface area contributed by atoms with Crippen LogP contribution in [0, 0.1) is 6.92 Å². The van der Waals surface area contributed by atoms with E-state index < -0.39 is 9.84 Å². The van der Waals surface area contributed by atoms with Crippen molar-refractivity contribution in [2.45, 2.75) is 16.7 Å². The van der Waals surface area contributed by atoms with Gasteiger partial charge < -0.3 is 0 Å². The summed E-state index contributed by atoms with van der Waals surface area (Å²) < 4.78 is 29.2. The van der Waals surface area contributed by atoms with Gasteiger partial charge in [0.2, 0.25) is 9.84 Å². The molecule has 4 nitrogen and oxygen atoms in total. The quantitative estimate of drug-likeness (QED) is 0.273. The van der Waals surface area contributed by atoms with Gasteiger partial charge in [0.1, 0.15) is 5.82 Å². The first-order valence-corrected chi connectivity index (χ1v) is 13.0. The zero-order chi connectivity index (χ0) is 23.7. The summed E-state index contributed by atoms with van der Waals surface area (Å²) in [4.78, 5) is 5.22. The van der Waals surface area contributed by atoms with Crippen molar-refractivity contribution < 1.29 is 8.42 Å². The first-order chi connectivity index (χ1) is 17.0. The molecule has 0 spiro atoms. The minimum absolute atomic E-state index is 0.312. The Hall–Kier alpha value is -4.22. The molecule has 0 radical (unpaired) electrons. The topological polar surface area (TPSA) is 52.0 Å². The Bertz CT molecular complexity index is 1920. The highest BCUT2D eigenvalue weighted by atomic mass is 32.2. The molecule has 168 valence electrons. The molecule has 5 heteroatoms. The second-order valence-electron chi connectivity index (χ2n) is 8.95. The highest BCUT2D eigenvalue weighted by Gasteiger charge is 2.32. The Labute approximate surface area is 203 Å². The van der Waals surface area contributed by atoms with Crippen LogP contribution < -0.4 is 0 Å². The van der Waals surface area contributed by atoms with Crippen molar-refractivity contribution in [2.24, 2.45) is 0 Å². The summed E-state index contributed by atoms with van der Waals surface area (Å²) in [5.74, 6) is 0.774. The fourth-order valence-electron chi connectivity index (χ4n) is 5.17. The smallest absolute Gasteiger partial charge is 0.210 e. The second kappa shape index (κ2) is 7.14. The molecule has 1 aliphatic rings. The molecule has 5 aromatic carbocycles. The van der Waals surface area contributed by atoms with Crippen molar-refractivity contribution >= 4 is 31.6 Å². The van der Waals surface area contributed by atoms with Crippen molar-refractivity contribution in [3.05, 3.63) is 109 Å². The average molecular weight is 473 g/mol. The largest absolute Gasteiger partial charge is 0.294 e. The molecular formula is C30H20N2O2S. The van der Waals surface area contributed by atoms with Crippen molar-refractivity contribution in [1.82, 2.24) is 9.55 Å². The number of rotatable bonds is 2. The summed E-state index contributed by atoms with van der Waals surface area (Å²) in [6.45, 7) is 1.91. The number of aromatic nitrogens is 2. The molecule has 0 amide bonds. The van der Waals surface area contributed by atoms with Crippen LogP contribution in [0.4, 0.5) is 0 Å². The Kier molecular flexibility index (Phi) is 4.12. The predicted octanol–water partition coefficient (Wildman–Crippen LogP) is 6.97. The van der Waals surface area contributed by atoms with Crippen LogP contribution in [0.3, 0.4) is 0 Å². The van der Waals surface area contributed by atoms with Gasteiger partial charge in [-0.25, -0.2) is 13.4 Å². The van der Waals surface area contributed by atoms with Gasteiger partial charge in [-0.3, -0.25) is 4.57 Å². The fourth-order valence-corrected chi connectivity index (χ4v) is 6.83. The number of benzene rings is 5. The first-order valence-electron chi connectivity index (χ1n) is 11.5. The van der Waals surface area contributed by atoms with Gasteiger partial charge in [-0.05, 0) is 76.3 Å². The van der Waals surface area contributed by atoms with Crippen molar-refractivity contribution in [2.75, 3.05) is 0 Å². The number of aryl methyl sites for hydroxylation is 1. The zero-order valence-electron chi connectivity index (χ0n) is 18.9. The average Bonchev–Trinajstić information content (AvgIpc) is 3.23. The second-order valence-corrected chi connectivity index (χ2v) is 10.8. The Balaban J connectivity index is 1.37. The summed E-state index contributed by atoms with van der Waals surface area (Å²) in [6.07, 6.45) is 0. The van der Waals surface area contributed by atoms with E-state index in [0.29, 0.717) is 26.5 Å². The standard InChI is InChI=1S/C30H20N2O2S/c1-19-31-26-8-5-9-28-30(26)32(19)27-15-14-25(18-29(27)35(28,33)34)24-13-12-22-16-21(10-11-23(22)17-24)20-6-3-2-4-7-20/h2-18H,1H3. The third-order valence-corrected chi connectivity index (χ3v) is 8.68. The number of para-hydroxylation sites is 1. The fraction of sp³-hybridized carbons (Fsp3) is 0.0333. The van der Waals surface area contributed by atoms with E-state index in [1.54, 1.807) is 18.2 Å². The summed E-state index contributed by atoms with van der Waals surface area (Å²) >= 11 is 0. The minimum Gasteiger partial charge on any atom is -0.294 e. The lowest BCUT2D eigenvalue weighted by Crippen LogP contribution is -2.15. The molecule has 0 saturated carbocycles. The summed E-state index contributed by atoms with van der Waals surface area (Å²) in [5.41, 5.74) is 6.21. The summed E-state index contributed by atoms with van der Waals surface area (Å²) in [7, 11) is -3.66. The monoisotopic (exact) mass is 472 g/mol. The molecule has 7 rings (SSSR count). The lowest BCUT2D eigenvalue weighted by molar-refractivity contribution is 0.594. The molecule has 0 bridgehead atoms. The molecule has 0 fully saturated rings. The van der Waals surface area contributed by atoms with Gasteiger partial charge in [0, 0.05) is 0 Å². The minimum atomic E-state index is -3.66. The molecule has 0 aliphatic carbocycles. The van der Waals surface area contributed by atoms with Crippen molar-refractivity contribution in [3.8, 4) is 27.9 Å². The predicted molar refractivity (Wildman–Crippen MR) is 140 cm³/mol. The maximum Gasteiger partial charge on any atom is 0.210 e. The molecule has 0 N–H and O–H groups in total. The van der Waals surface area contributed by atoms with Crippen LogP contribution >= 0.6 is 0 Å². The maximum atomic E-state index is 13.6. The SMILES string of the molecule is Cc1nc2cccc3c2n1-c1ccc(-c2ccc4cc(-c5ccccc5)ccc4c2)cc1S3(=O)=O. The van der Waals surface area contributed by atoms with E-state index in [-0.39, 0.29) is 0 Å². The molecule has 6 aromatic rings. The van der Waals surface area contributed by atoms with Gasteiger partial charge in [-0.1, -0.05) is 66.7 Å². The molecular weight excluding hydrogens is 452 g/mol. The van der Waals surface area contributed by atoms with Gasteiger partial charge in [-0.2, -0.15) is 0 Å². The lowest BCUT2D eigenvalue weighted by Gasteiger charge is -2.21. The highest BCUT2D eigenvalue weighted by molar-refractivity contribution is 7.92. The van der Waals surface area contributed by atoms with E-state index in [9.17, 15) is 8.42 Å². The van der Waals surface area contributed by atoms with Crippen LogP contribution in [0.2, 0.25) is 0 Å². The van der Waals surface area contributed by atoms with Crippen LogP contribution in [0.15, 0.2) is 113 Å². The van der Waals surface area contributed by atoms with E-state index in [2.05, 4.69) is 53.5 Å². The number of fused-ring (bicyclic) bond motifs is 3. The Morgan fingerprint density at radius 2 is 1.29 bits per heavy atom. The van der Waals surface area contributed by atoms with Crippen LogP contribution in [0.1, 0.15) is 5.82 Å². The Morgan fingerprint density at radius 1 is 0.629 bits per heavy atom. The molecule has 2 heterocycles. The highest BCUT2D eigenvalue weighted by Crippen LogP contribution is 2.41. The van der Waals surface area contributed by atoms with Crippen LogP contribution in [0.5, 0.6) is 0 Å². The van der Waals surface area contributed by atoms with Crippen LogP contribution in [0.25, 0.3) is 49.7 Å². The van der Waals surface area contributed by atoms with Crippen molar-refractivity contribution in [1.29, 1.82) is 0 Å². The molecule has 0 saturated heterocycles.